The summed E-state index contributed by atoms with van der Waals surface area (Å²) in [5.41, 5.74) is 1.59. The van der Waals surface area contributed by atoms with E-state index in [9.17, 15) is 0 Å². The summed E-state index contributed by atoms with van der Waals surface area (Å²) < 4.78 is 1.86. The van der Waals surface area contributed by atoms with Crippen LogP contribution in [-0.2, 0) is 6.54 Å². The van der Waals surface area contributed by atoms with Crippen molar-refractivity contribution in [3.8, 4) is 0 Å². The number of hydrogen-bond acceptors (Lipinski definition) is 6. The number of aromatic nitrogens is 5. The van der Waals surface area contributed by atoms with Crippen LogP contribution in [0.4, 0.5) is 5.82 Å². The molecule has 1 aliphatic carbocycles. The third kappa shape index (κ3) is 2.81. The second-order valence-electron chi connectivity index (χ2n) is 5.28. The van der Waals surface area contributed by atoms with Crippen LogP contribution in [0.2, 0.25) is 0 Å². The molecule has 7 nitrogen and oxygen atoms in total. The molecule has 0 spiro atoms. The summed E-state index contributed by atoms with van der Waals surface area (Å²) in [7, 11) is 4.14. The Hall–Kier alpha value is -1.76. The Morgan fingerprint density at radius 2 is 2.21 bits per heavy atom. The van der Waals surface area contributed by atoms with Gasteiger partial charge in [-0.2, -0.15) is 0 Å². The van der Waals surface area contributed by atoms with Crippen molar-refractivity contribution >= 4 is 17.0 Å². The smallest absolute Gasteiger partial charge is 0.183 e. The van der Waals surface area contributed by atoms with Gasteiger partial charge < -0.3 is 10.2 Å². The monoisotopic (exact) mass is 261 g/mol. The molecule has 2 aromatic rings. The molecule has 2 aromatic heterocycles. The Morgan fingerprint density at radius 3 is 2.95 bits per heavy atom. The number of rotatable bonds is 6. The molecular weight excluding hydrogens is 242 g/mol. The first-order valence-electron chi connectivity index (χ1n) is 6.69. The van der Waals surface area contributed by atoms with Crippen LogP contribution >= 0.6 is 0 Å². The number of nitrogens with one attached hydrogen (secondary N) is 1. The summed E-state index contributed by atoms with van der Waals surface area (Å²) in [6.07, 6.45) is 5.03. The molecule has 0 unspecified atom stereocenters. The predicted molar refractivity (Wildman–Crippen MR) is 72.9 cm³/mol. The quantitative estimate of drug-likeness (QED) is 0.827. The molecule has 102 valence electrons. The second kappa shape index (κ2) is 5.08. The molecule has 0 amide bonds. The molecule has 19 heavy (non-hydrogen) atoms. The molecule has 1 fully saturated rings. The first kappa shape index (κ1) is 12.3. The first-order chi connectivity index (χ1) is 9.24. The molecule has 3 rings (SSSR count). The third-order valence-corrected chi connectivity index (χ3v) is 3.19. The van der Waals surface area contributed by atoms with Crippen molar-refractivity contribution in [2.75, 3.05) is 26.0 Å². The lowest BCUT2D eigenvalue weighted by atomic mass is 10.4. The van der Waals surface area contributed by atoms with Gasteiger partial charge in [0.25, 0.3) is 0 Å². The number of hydrogen-bond donors (Lipinski definition) is 1. The fourth-order valence-electron chi connectivity index (χ4n) is 2.01. The van der Waals surface area contributed by atoms with Gasteiger partial charge in [-0.25, -0.2) is 14.6 Å². The summed E-state index contributed by atoms with van der Waals surface area (Å²) in [4.78, 5) is 10.7. The van der Waals surface area contributed by atoms with Gasteiger partial charge >= 0.3 is 0 Å². The highest BCUT2D eigenvalue weighted by atomic mass is 15.4. The Morgan fingerprint density at radius 1 is 1.37 bits per heavy atom. The summed E-state index contributed by atoms with van der Waals surface area (Å²) in [5.74, 6) is 0.811. The predicted octanol–water partition coefficient (Wildman–Crippen LogP) is 0.747. The van der Waals surface area contributed by atoms with Gasteiger partial charge in [0.15, 0.2) is 17.0 Å². The van der Waals surface area contributed by atoms with Crippen molar-refractivity contribution in [1.82, 2.24) is 29.9 Å². The Bertz CT molecular complexity index is 558. The van der Waals surface area contributed by atoms with E-state index in [0.29, 0.717) is 6.04 Å². The van der Waals surface area contributed by atoms with E-state index >= 15 is 0 Å². The summed E-state index contributed by atoms with van der Waals surface area (Å²) in [6, 6.07) is 0.553. The first-order valence-corrected chi connectivity index (χ1v) is 6.69. The lowest BCUT2D eigenvalue weighted by Crippen LogP contribution is -2.15. The van der Waals surface area contributed by atoms with Crippen LogP contribution < -0.4 is 5.32 Å². The maximum atomic E-state index is 4.30. The number of fused-ring (bicyclic) bond motifs is 1. The maximum absolute atomic E-state index is 4.30. The minimum Gasteiger partial charge on any atom is -0.365 e. The third-order valence-electron chi connectivity index (χ3n) is 3.19. The second-order valence-corrected chi connectivity index (χ2v) is 5.28. The maximum Gasteiger partial charge on any atom is 0.183 e. The lowest BCUT2D eigenvalue weighted by molar-refractivity contribution is 0.380. The fraction of sp³-hybridized carbons (Fsp3) is 0.667. The highest BCUT2D eigenvalue weighted by Gasteiger charge is 2.23. The van der Waals surface area contributed by atoms with E-state index in [1.807, 2.05) is 4.68 Å². The van der Waals surface area contributed by atoms with Crippen LogP contribution in [0.15, 0.2) is 6.33 Å². The van der Waals surface area contributed by atoms with Gasteiger partial charge in [0, 0.05) is 12.6 Å². The van der Waals surface area contributed by atoms with Crippen LogP contribution in [0.5, 0.6) is 0 Å². The van der Waals surface area contributed by atoms with Crippen LogP contribution in [0.25, 0.3) is 11.2 Å². The van der Waals surface area contributed by atoms with Crippen LogP contribution in [0.1, 0.15) is 19.3 Å². The minimum atomic E-state index is 0.553. The van der Waals surface area contributed by atoms with Gasteiger partial charge in [0.2, 0.25) is 0 Å². The standard InChI is InChI=1S/C12H19N7/c1-18(2)6-3-7-19-12-10(16-17-19)11(13-8-14-12)15-9-4-5-9/h8-9H,3-7H2,1-2H3,(H,13,14,15). The highest BCUT2D eigenvalue weighted by molar-refractivity contribution is 5.82. The topological polar surface area (TPSA) is 71.8 Å². The van der Waals surface area contributed by atoms with E-state index in [4.69, 9.17) is 0 Å². The average molecular weight is 261 g/mol. The van der Waals surface area contributed by atoms with Crippen LogP contribution in [0.3, 0.4) is 0 Å². The number of anilines is 1. The normalized spacial score (nSPS) is 15.3. The zero-order valence-corrected chi connectivity index (χ0v) is 11.4. The van der Waals surface area contributed by atoms with E-state index in [-0.39, 0.29) is 0 Å². The van der Waals surface area contributed by atoms with Gasteiger partial charge in [-0.1, -0.05) is 5.21 Å². The molecule has 1 N–H and O–H groups in total. The van der Waals surface area contributed by atoms with Gasteiger partial charge in [0.1, 0.15) is 6.33 Å². The highest BCUT2D eigenvalue weighted by Crippen LogP contribution is 2.26. The minimum absolute atomic E-state index is 0.553. The van der Waals surface area contributed by atoms with Crippen molar-refractivity contribution in [2.45, 2.75) is 31.8 Å². The molecule has 0 bridgehead atoms. The van der Waals surface area contributed by atoms with E-state index in [1.165, 1.54) is 12.8 Å². The fourth-order valence-corrected chi connectivity index (χ4v) is 2.01. The van der Waals surface area contributed by atoms with Crippen LogP contribution in [-0.4, -0.2) is 56.5 Å². The molecular formula is C12H19N7. The number of nitrogens with zero attached hydrogens (tertiary/aromatic N) is 6. The molecule has 0 aromatic carbocycles. The molecule has 7 heteroatoms. The van der Waals surface area contributed by atoms with Crippen LogP contribution in [0, 0.1) is 0 Å². The van der Waals surface area contributed by atoms with E-state index in [1.54, 1.807) is 6.33 Å². The van der Waals surface area contributed by atoms with Gasteiger partial charge in [-0.05, 0) is 39.9 Å². The van der Waals surface area contributed by atoms with Crippen molar-refractivity contribution in [2.24, 2.45) is 0 Å². The molecule has 1 saturated carbocycles. The molecule has 0 aliphatic heterocycles. The Balaban J connectivity index is 1.78. The molecule has 0 saturated heterocycles. The Labute approximate surface area is 112 Å². The SMILES string of the molecule is CN(C)CCCn1nnc2c(NC3CC3)ncnc21. The van der Waals surface area contributed by atoms with Crippen molar-refractivity contribution in [3.63, 3.8) is 0 Å². The van der Waals surface area contributed by atoms with Gasteiger partial charge in [-0.15, -0.1) is 5.10 Å². The largest absolute Gasteiger partial charge is 0.365 e. The molecule has 0 radical (unpaired) electrons. The summed E-state index contributed by atoms with van der Waals surface area (Å²) in [5, 5.41) is 11.8. The van der Waals surface area contributed by atoms with Gasteiger partial charge in [0.05, 0.1) is 0 Å². The number of aryl methyl sites for hydroxylation is 1. The summed E-state index contributed by atoms with van der Waals surface area (Å²) >= 11 is 0. The van der Waals surface area contributed by atoms with E-state index in [2.05, 4.69) is 44.6 Å². The van der Waals surface area contributed by atoms with E-state index < -0.39 is 0 Å². The van der Waals surface area contributed by atoms with Gasteiger partial charge in [-0.3, -0.25) is 0 Å². The Kier molecular flexibility index (Phi) is 3.29. The zero-order valence-electron chi connectivity index (χ0n) is 11.4. The average Bonchev–Trinajstić information content (AvgIpc) is 3.09. The van der Waals surface area contributed by atoms with Crippen molar-refractivity contribution in [3.05, 3.63) is 6.33 Å². The van der Waals surface area contributed by atoms with E-state index in [0.717, 1.165) is 36.5 Å². The van der Waals surface area contributed by atoms with Crippen molar-refractivity contribution < 1.29 is 0 Å². The molecule has 0 atom stereocenters. The zero-order chi connectivity index (χ0) is 13.2. The van der Waals surface area contributed by atoms with Crippen molar-refractivity contribution in [1.29, 1.82) is 0 Å². The lowest BCUT2D eigenvalue weighted by Gasteiger charge is -2.08. The molecule has 1 aliphatic rings. The summed E-state index contributed by atoms with van der Waals surface area (Å²) in [6.45, 7) is 1.86. The molecule has 2 heterocycles.